The fraction of sp³-hybridized carbons (Fsp3) is 0.344. The minimum Gasteiger partial charge on any atom is -0.335 e. The number of thiazole rings is 1. The van der Waals surface area contributed by atoms with Crippen molar-refractivity contribution in [3.63, 3.8) is 0 Å². The summed E-state index contributed by atoms with van der Waals surface area (Å²) in [6, 6.07) is 13.7. The highest BCUT2D eigenvalue weighted by Crippen LogP contribution is 2.48. The van der Waals surface area contributed by atoms with Crippen molar-refractivity contribution in [3.8, 4) is 0 Å². The van der Waals surface area contributed by atoms with E-state index in [0.29, 0.717) is 0 Å². The minimum atomic E-state index is 0.245. The Morgan fingerprint density at radius 2 is 1.79 bits per heavy atom. The molecule has 1 aliphatic heterocycles. The first-order valence-corrected chi connectivity index (χ1v) is 17.4. The smallest absolute Gasteiger partial charge is 0.262 e. The van der Waals surface area contributed by atoms with Crippen molar-refractivity contribution < 1.29 is 4.57 Å². The molecule has 1 aliphatic carbocycles. The third-order valence-corrected chi connectivity index (χ3v) is 10.8. The van der Waals surface area contributed by atoms with E-state index < -0.39 is 0 Å². The lowest BCUT2D eigenvalue weighted by Gasteiger charge is -2.31. The molecule has 38 heavy (non-hydrogen) atoms. The van der Waals surface area contributed by atoms with E-state index in [1.807, 2.05) is 34.9 Å². The fourth-order valence-corrected chi connectivity index (χ4v) is 8.59. The lowest BCUT2D eigenvalue weighted by molar-refractivity contribution is -0.665. The Hall–Kier alpha value is -1.86. The molecule has 0 radical (unpaired) electrons. The summed E-state index contributed by atoms with van der Waals surface area (Å²) in [5.74, 6) is 0. The predicted octanol–water partition coefficient (Wildman–Crippen LogP) is 9.81. The first-order valence-electron chi connectivity index (χ1n) is 13.3. The van der Waals surface area contributed by atoms with Crippen LogP contribution in [0.1, 0.15) is 45.5 Å². The van der Waals surface area contributed by atoms with Gasteiger partial charge in [0, 0.05) is 33.4 Å². The number of nitrogens with zero attached hydrogens (tertiary/aromatic N) is 2. The van der Waals surface area contributed by atoms with Gasteiger partial charge in [-0.2, -0.15) is 4.57 Å². The number of fused-ring (bicyclic) bond motifs is 2. The van der Waals surface area contributed by atoms with Gasteiger partial charge in [0.2, 0.25) is 5.52 Å². The van der Waals surface area contributed by atoms with Gasteiger partial charge in [-0.1, -0.05) is 55.2 Å². The lowest BCUT2D eigenvalue weighted by atomic mass is 9.75. The summed E-state index contributed by atoms with van der Waals surface area (Å²) in [5.41, 5.74) is 5.77. The summed E-state index contributed by atoms with van der Waals surface area (Å²) in [6.07, 6.45) is 18.2. The summed E-state index contributed by atoms with van der Waals surface area (Å²) in [7, 11) is 0. The topological polar surface area (TPSA) is 7.12 Å². The van der Waals surface area contributed by atoms with Gasteiger partial charge >= 0.3 is 0 Å². The van der Waals surface area contributed by atoms with Crippen LogP contribution in [0.3, 0.4) is 0 Å². The maximum atomic E-state index is 2.47. The van der Waals surface area contributed by atoms with Crippen molar-refractivity contribution >= 4 is 68.6 Å². The van der Waals surface area contributed by atoms with Crippen molar-refractivity contribution in [1.82, 2.24) is 0 Å². The van der Waals surface area contributed by atoms with Crippen LogP contribution in [-0.2, 0) is 6.54 Å². The quantitative estimate of drug-likeness (QED) is 0.204. The highest BCUT2D eigenvalue weighted by molar-refractivity contribution is 8.03. The van der Waals surface area contributed by atoms with Crippen molar-refractivity contribution in [3.05, 3.63) is 81.9 Å². The summed E-state index contributed by atoms with van der Waals surface area (Å²) in [6.45, 7) is 11.2. The zero-order valence-corrected chi connectivity index (χ0v) is 26.5. The summed E-state index contributed by atoms with van der Waals surface area (Å²) in [5, 5.41) is 2.65. The predicted molar refractivity (Wildman–Crippen MR) is 173 cm³/mol. The van der Waals surface area contributed by atoms with Crippen LogP contribution < -0.4 is 9.47 Å². The van der Waals surface area contributed by atoms with E-state index in [1.54, 1.807) is 11.8 Å². The maximum absolute atomic E-state index is 2.47. The number of aromatic nitrogens is 1. The Morgan fingerprint density at radius 3 is 2.53 bits per heavy atom. The maximum Gasteiger partial charge on any atom is 0.262 e. The molecule has 2 aromatic carbocycles. The van der Waals surface area contributed by atoms with Gasteiger partial charge in [-0.3, -0.25) is 0 Å². The number of hydrogen-bond donors (Lipinski definition) is 0. The van der Waals surface area contributed by atoms with Gasteiger partial charge in [0.15, 0.2) is 0 Å². The van der Waals surface area contributed by atoms with Crippen molar-refractivity contribution in [2.24, 2.45) is 5.41 Å². The molecule has 0 unspecified atom stereocenters. The molecule has 0 saturated carbocycles. The second kappa shape index (κ2) is 11.7. The van der Waals surface area contributed by atoms with Crippen molar-refractivity contribution in [2.75, 3.05) is 24.0 Å². The van der Waals surface area contributed by atoms with E-state index >= 15 is 0 Å². The number of hydrogen-bond acceptors (Lipinski definition) is 5. The van der Waals surface area contributed by atoms with Crippen molar-refractivity contribution in [2.45, 2.75) is 61.8 Å². The molecule has 0 bridgehead atoms. The molecule has 1 aromatic heterocycles. The molecule has 0 atom stereocenters. The zero-order valence-electron chi connectivity index (χ0n) is 23.2. The van der Waals surface area contributed by atoms with E-state index in [-0.39, 0.29) is 5.41 Å². The van der Waals surface area contributed by atoms with Crippen LogP contribution in [0.5, 0.6) is 0 Å². The molecule has 5 rings (SSSR count). The number of aryl methyl sites for hydroxylation is 1. The van der Waals surface area contributed by atoms with Crippen LogP contribution >= 0.6 is 46.6 Å². The molecule has 3 aromatic rings. The van der Waals surface area contributed by atoms with Gasteiger partial charge in [-0.05, 0) is 92.2 Å². The monoisotopic (exact) mass is 577 g/mol. The van der Waals surface area contributed by atoms with E-state index in [4.69, 9.17) is 0 Å². The molecule has 2 heterocycles. The van der Waals surface area contributed by atoms with Crippen molar-refractivity contribution in [1.29, 1.82) is 0 Å². The van der Waals surface area contributed by atoms with E-state index in [1.165, 1.54) is 51.8 Å². The first kappa shape index (κ1) is 27.7. The summed E-state index contributed by atoms with van der Waals surface area (Å²) in [4.78, 5) is 6.48. The molecule has 2 nitrogen and oxygen atoms in total. The van der Waals surface area contributed by atoms with Crippen LogP contribution in [0.25, 0.3) is 16.3 Å². The van der Waals surface area contributed by atoms with Gasteiger partial charge in [0.1, 0.15) is 11.2 Å². The molecule has 0 fully saturated rings. The van der Waals surface area contributed by atoms with E-state index in [9.17, 15) is 0 Å². The largest absolute Gasteiger partial charge is 0.335 e. The molecule has 6 heteroatoms. The summed E-state index contributed by atoms with van der Waals surface area (Å²) >= 11 is 7.40. The molecular formula is C32H37N2S4+. The lowest BCUT2D eigenvalue weighted by Crippen LogP contribution is -2.33. The average Bonchev–Trinajstić information content (AvgIpc) is 3.42. The summed E-state index contributed by atoms with van der Waals surface area (Å²) < 4.78 is 3.78. The van der Waals surface area contributed by atoms with Crippen LogP contribution in [0.4, 0.5) is 5.69 Å². The van der Waals surface area contributed by atoms with E-state index in [0.717, 1.165) is 25.9 Å². The van der Waals surface area contributed by atoms with Gasteiger partial charge in [0.25, 0.3) is 5.01 Å². The molecule has 0 amide bonds. The number of benzene rings is 2. The van der Waals surface area contributed by atoms with Crippen LogP contribution in [0, 0.1) is 5.41 Å². The SMILES string of the molecule is CCN1/C(=C/C2=CC(=C/C=C/c3sc4ccc(SC)cc4[n+]3CC)/CC(C)(C)C2)Sc2ccc(SC)cc21. The molecule has 198 valence electrons. The standard InChI is InChI=1S/C32H37N2S4/c1-7-33-26-18-24(35-5)12-14-28(26)37-30(33)11-9-10-22-16-23(21-32(3,4)20-22)17-31-34(8-2)27-19-25(36-6)13-15-29(27)38-31/h9-19H,7-8,20-21H2,1-6H3/q+1. The average molecular weight is 578 g/mol. The van der Waals surface area contributed by atoms with Crippen LogP contribution in [-0.4, -0.2) is 19.1 Å². The third kappa shape index (κ3) is 5.84. The zero-order chi connectivity index (χ0) is 26.9. The molecule has 2 aliphatic rings. The number of allylic oxidation sites excluding steroid dienone is 6. The second-order valence-corrected chi connectivity index (χ2v) is 14.4. The Bertz CT molecular complexity index is 1470. The second-order valence-electron chi connectivity index (χ2n) is 10.5. The Labute approximate surface area is 245 Å². The van der Waals surface area contributed by atoms with Crippen LogP contribution in [0.2, 0.25) is 0 Å². The molecule has 0 saturated heterocycles. The third-order valence-electron chi connectivity index (χ3n) is 7.10. The Kier molecular flexibility index (Phi) is 8.54. The van der Waals surface area contributed by atoms with Crippen LogP contribution in [0.15, 0.2) is 91.6 Å². The highest BCUT2D eigenvalue weighted by atomic mass is 32.2. The highest BCUT2D eigenvalue weighted by Gasteiger charge is 2.28. The van der Waals surface area contributed by atoms with Gasteiger partial charge in [-0.25, -0.2) is 0 Å². The Balaban J connectivity index is 1.43. The minimum absolute atomic E-state index is 0.245. The number of anilines is 1. The van der Waals surface area contributed by atoms with Gasteiger partial charge in [-0.15, -0.1) is 23.5 Å². The van der Waals surface area contributed by atoms with Gasteiger partial charge in [0.05, 0.1) is 10.7 Å². The molecule has 0 N–H and O–H groups in total. The van der Waals surface area contributed by atoms with Gasteiger partial charge < -0.3 is 4.90 Å². The first-order chi connectivity index (χ1) is 18.3. The number of rotatable bonds is 7. The molecular weight excluding hydrogens is 541 g/mol. The van der Waals surface area contributed by atoms with E-state index in [2.05, 4.69) is 116 Å². The normalized spacial score (nSPS) is 19.2. The fourth-order valence-electron chi connectivity index (χ4n) is 5.42. The number of thioether (sulfide) groups is 3. The Morgan fingerprint density at radius 1 is 1.03 bits per heavy atom. The molecule has 0 spiro atoms.